The molecule has 3 heterocycles. The van der Waals surface area contributed by atoms with Crippen molar-refractivity contribution in [3.8, 4) is 5.75 Å². The van der Waals surface area contributed by atoms with E-state index in [9.17, 15) is 9.59 Å². The minimum absolute atomic E-state index is 0.0103. The number of hydrogen-bond donors (Lipinski definition) is 1. The summed E-state index contributed by atoms with van der Waals surface area (Å²) < 4.78 is 10.8. The number of imidazole rings is 1. The number of fused-ring (bicyclic) bond motifs is 1. The number of amides is 1. The molecule has 3 aromatic rings. The van der Waals surface area contributed by atoms with Gasteiger partial charge in [0.25, 0.3) is 5.91 Å². The van der Waals surface area contributed by atoms with Gasteiger partial charge in [0.1, 0.15) is 17.6 Å². The van der Waals surface area contributed by atoms with Crippen molar-refractivity contribution < 1.29 is 13.9 Å². The molecule has 0 aliphatic carbocycles. The largest absolute Gasteiger partial charge is 0.490 e. The summed E-state index contributed by atoms with van der Waals surface area (Å²) in [4.78, 5) is 33.2. The van der Waals surface area contributed by atoms with Crippen molar-refractivity contribution in [1.29, 1.82) is 0 Å². The van der Waals surface area contributed by atoms with E-state index in [2.05, 4.69) is 9.97 Å². The zero-order valence-corrected chi connectivity index (χ0v) is 14.4. The molecule has 1 fully saturated rings. The average Bonchev–Trinajstić information content (AvgIpc) is 3.08. The summed E-state index contributed by atoms with van der Waals surface area (Å²) in [5.41, 5.74) is 1.93. The quantitative estimate of drug-likeness (QED) is 0.781. The standard InChI is InChI=1S/C19H19N3O4/c1-12-8-15(10-18(23)25-12)26-14-4-6-22(7-5-14)19(24)13-2-3-16-17(9-13)21-11-20-16/h2-3,8-11,14H,4-7H2,1H3,(H,20,21). The third-order valence-corrected chi connectivity index (χ3v) is 4.57. The van der Waals surface area contributed by atoms with Gasteiger partial charge in [-0.25, -0.2) is 9.78 Å². The molecule has 0 unspecified atom stereocenters. The van der Waals surface area contributed by atoms with E-state index >= 15 is 0 Å². The van der Waals surface area contributed by atoms with E-state index in [4.69, 9.17) is 9.15 Å². The first-order valence-electron chi connectivity index (χ1n) is 8.59. The number of nitrogens with one attached hydrogen (secondary N) is 1. The Hall–Kier alpha value is -3.09. The van der Waals surface area contributed by atoms with Crippen molar-refractivity contribution in [2.45, 2.75) is 25.9 Å². The van der Waals surface area contributed by atoms with Gasteiger partial charge in [-0.3, -0.25) is 4.79 Å². The highest BCUT2D eigenvalue weighted by Gasteiger charge is 2.25. The van der Waals surface area contributed by atoms with Crippen LogP contribution in [-0.2, 0) is 0 Å². The molecule has 2 aromatic heterocycles. The Morgan fingerprint density at radius 3 is 2.85 bits per heavy atom. The van der Waals surface area contributed by atoms with Crippen LogP contribution >= 0.6 is 0 Å². The second-order valence-corrected chi connectivity index (χ2v) is 6.47. The lowest BCUT2D eigenvalue weighted by molar-refractivity contribution is 0.0594. The van der Waals surface area contributed by atoms with Crippen molar-refractivity contribution in [3.63, 3.8) is 0 Å². The maximum atomic E-state index is 12.7. The molecule has 0 bridgehead atoms. The molecule has 1 aliphatic rings. The van der Waals surface area contributed by atoms with Gasteiger partial charge in [0, 0.05) is 37.6 Å². The van der Waals surface area contributed by atoms with Crippen molar-refractivity contribution in [3.05, 3.63) is 58.4 Å². The fourth-order valence-corrected chi connectivity index (χ4v) is 3.26. The van der Waals surface area contributed by atoms with Crippen LogP contribution in [0.5, 0.6) is 5.75 Å². The predicted octanol–water partition coefficient (Wildman–Crippen LogP) is 2.51. The van der Waals surface area contributed by atoms with Gasteiger partial charge in [-0.2, -0.15) is 0 Å². The number of rotatable bonds is 3. The van der Waals surface area contributed by atoms with Gasteiger partial charge >= 0.3 is 5.63 Å². The van der Waals surface area contributed by atoms with Crippen LogP contribution in [0.1, 0.15) is 29.0 Å². The smallest absolute Gasteiger partial charge is 0.339 e. The van der Waals surface area contributed by atoms with Gasteiger partial charge in [-0.05, 0) is 25.1 Å². The highest BCUT2D eigenvalue weighted by atomic mass is 16.5. The Morgan fingerprint density at radius 1 is 1.27 bits per heavy atom. The molecule has 0 saturated carbocycles. The van der Waals surface area contributed by atoms with E-state index in [1.807, 2.05) is 17.0 Å². The third-order valence-electron chi connectivity index (χ3n) is 4.57. The van der Waals surface area contributed by atoms with E-state index in [0.717, 1.165) is 23.9 Å². The van der Waals surface area contributed by atoms with Gasteiger partial charge in [-0.1, -0.05) is 0 Å². The second-order valence-electron chi connectivity index (χ2n) is 6.47. The molecule has 0 atom stereocenters. The van der Waals surface area contributed by atoms with Crippen LogP contribution in [0.15, 0.2) is 45.9 Å². The van der Waals surface area contributed by atoms with Crippen molar-refractivity contribution in [1.82, 2.24) is 14.9 Å². The minimum Gasteiger partial charge on any atom is -0.490 e. The number of aryl methyl sites for hydroxylation is 1. The Labute approximate surface area is 149 Å². The van der Waals surface area contributed by atoms with Gasteiger partial charge in [-0.15, -0.1) is 0 Å². The number of aromatic amines is 1. The first-order chi connectivity index (χ1) is 12.6. The van der Waals surface area contributed by atoms with Crippen molar-refractivity contribution in [2.75, 3.05) is 13.1 Å². The summed E-state index contributed by atoms with van der Waals surface area (Å²) >= 11 is 0. The monoisotopic (exact) mass is 353 g/mol. The number of hydrogen-bond acceptors (Lipinski definition) is 5. The number of benzene rings is 1. The Balaban J connectivity index is 1.39. The molecule has 4 rings (SSSR count). The molecule has 7 nitrogen and oxygen atoms in total. The minimum atomic E-state index is -0.415. The number of piperidine rings is 1. The highest BCUT2D eigenvalue weighted by Crippen LogP contribution is 2.21. The lowest BCUT2D eigenvalue weighted by atomic mass is 10.1. The number of carbonyl (C=O) groups is 1. The summed E-state index contributed by atoms with van der Waals surface area (Å²) in [5, 5.41) is 0. The molecule has 1 aromatic carbocycles. The van der Waals surface area contributed by atoms with Crippen LogP contribution in [0.4, 0.5) is 0 Å². The van der Waals surface area contributed by atoms with E-state index in [1.54, 1.807) is 25.4 Å². The molecule has 134 valence electrons. The van der Waals surface area contributed by atoms with Crippen LogP contribution in [0.2, 0.25) is 0 Å². The molecule has 1 saturated heterocycles. The molecule has 0 radical (unpaired) electrons. The number of aromatic nitrogens is 2. The molecule has 7 heteroatoms. The molecule has 1 N–H and O–H groups in total. The molecule has 0 spiro atoms. The number of carbonyl (C=O) groups excluding carboxylic acids is 1. The Morgan fingerprint density at radius 2 is 2.08 bits per heavy atom. The normalized spacial score (nSPS) is 15.3. The lowest BCUT2D eigenvalue weighted by Gasteiger charge is -2.32. The molecule has 1 amide bonds. The second kappa shape index (κ2) is 6.67. The molecule has 1 aliphatic heterocycles. The van der Waals surface area contributed by atoms with Crippen LogP contribution < -0.4 is 10.4 Å². The van der Waals surface area contributed by atoms with Crippen LogP contribution in [0.25, 0.3) is 11.0 Å². The average molecular weight is 353 g/mol. The summed E-state index contributed by atoms with van der Waals surface area (Å²) in [7, 11) is 0. The van der Waals surface area contributed by atoms with Crippen LogP contribution in [-0.4, -0.2) is 40.0 Å². The zero-order valence-electron chi connectivity index (χ0n) is 14.4. The van der Waals surface area contributed by atoms with Crippen molar-refractivity contribution in [2.24, 2.45) is 0 Å². The van der Waals surface area contributed by atoms with E-state index in [-0.39, 0.29) is 12.0 Å². The summed E-state index contributed by atoms with van der Waals surface area (Å²) in [6.45, 7) is 2.95. The maximum absolute atomic E-state index is 12.7. The van der Waals surface area contributed by atoms with Crippen molar-refractivity contribution >= 4 is 16.9 Å². The van der Waals surface area contributed by atoms with Gasteiger partial charge in [0.15, 0.2) is 0 Å². The fraction of sp³-hybridized carbons (Fsp3) is 0.316. The van der Waals surface area contributed by atoms with Crippen LogP contribution in [0.3, 0.4) is 0 Å². The Kier molecular flexibility index (Phi) is 4.20. The first kappa shape index (κ1) is 16.4. The highest BCUT2D eigenvalue weighted by molar-refractivity contribution is 5.97. The third kappa shape index (κ3) is 3.33. The number of ether oxygens (including phenoxy) is 1. The maximum Gasteiger partial charge on any atom is 0.339 e. The van der Waals surface area contributed by atoms with E-state index < -0.39 is 5.63 Å². The lowest BCUT2D eigenvalue weighted by Crippen LogP contribution is -2.41. The zero-order chi connectivity index (χ0) is 18.1. The summed E-state index contributed by atoms with van der Waals surface area (Å²) in [6, 6.07) is 8.54. The van der Waals surface area contributed by atoms with Gasteiger partial charge in [0.2, 0.25) is 0 Å². The molecular weight excluding hydrogens is 334 g/mol. The van der Waals surface area contributed by atoms with E-state index in [1.165, 1.54) is 6.07 Å². The molecular formula is C19H19N3O4. The number of H-pyrrole nitrogens is 1. The Bertz CT molecular complexity index is 999. The first-order valence-corrected chi connectivity index (χ1v) is 8.59. The molecule has 26 heavy (non-hydrogen) atoms. The topological polar surface area (TPSA) is 88.4 Å². The summed E-state index contributed by atoms with van der Waals surface area (Å²) in [5.74, 6) is 1.05. The summed E-state index contributed by atoms with van der Waals surface area (Å²) in [6.07, 6.45) is 3.04. The predicted molar refractivity (Wildman–Crippen MR) is 95.4 cm³/mol. The van der Waals surface area contributed by atoms with E-state index in [0.29, 0.717) is 30.2 Å². The van der Waals surface area contributed by atoms with Gasteiger partial charge < -0.3 is 19.0 Å². The van der Waals surface area contributed by atoms with Gasteiger partial charge in [0.05, 0.1) is 23.4 Å². The van der Waals surface area contributed by atoms with Crippen LogP contribution in [0, 0.1) is 6.92 Å². The fourth-order valence-electron chi connectivity index (χ4n) is 3.26. The number of nitrogens with zero attached hydrogens (tertiary/aromatic N) is 2. The number of likely N-dealkylation sites (tertiary alicyclic amines) is 1. The SMILES string of the molecule is Cc1cc(OC2CCN(C(=O)c3ccc4nc[nH]c4c3)CC2)cc(=O)o1.